The Bertz CT molecular complexity index is 931. The van der Waals surface area contributed by atoms with Gasteiger partial charge in [0.15, 0.2) is 0 Å². The molecule has 0 aliphatic carbocycles. The van der Waals surface area contributed by atoms with E-state index in [0.717, 1.165) is 69.0 Å². The molecule has 7 heteroatoms. The molecule has 0 aromatic carbocycles. The highest BCUT2D eigenvalue weighted by atomic mass is 16.5. The van der Waals surface area contributed by atoms with Crippen molar-refractivity contribution in [3.05, 3.63) is 59.2 Å². The molecule has 0 bridgehead atoms. The lowest BCUT2D eigenvalue weighted by molar-refractivity contribution is 0.0226. The van der Waals surface area contributed by atoms with E-state index in [4.69, 9.17) is 15.6 Å². The summed E-state index contributed by atoms with van der Waals surface area (Å²) < 4.78 is 5.73. The molecule has 1 atom stereocenters. The van der Waals surface area contributed by atoms with E-state index in [0.29, 0.717) is 18.9 Å². The van der Waals surface area contributed by atoms with Gasteiger partial charge in [0.2, 0.25) is 0 Å². The minimum atomic E-state index is 0.226. The SMILES string of the molecule is Cc1cc(C2CCN(Cc3ccccn3)CC2)cnc1C/C(C=NCC1CCCCO1)=N/N. The van der Waals surface area contributed by atoms with Crippen LogP contribution in [0, 0.1) is 6.92 Å². The van der Waals surface area contributed by atoms with Crippen molar-refractivity contribution in [3.63, 3.8) is 0 Å². The van der Waals surface area contributed by atoms with Gasteiger partial charge in [-0.1, -0.05) is 12.1 Å². The molecule has 2 N–H and O–H groups in total. The van der Waals surface area contributed by atoms with Crippen LogP contribution in [0.2, 0.25) is 0 Å². The predicted molar refractivity (Wildman–Crippen MR) is 133 cm³/mol. The van der Waals surface area contributed by atoms with Crippen LogP contribution >= 0.6 is 0 Å². The van der Waals surface area contributed by atoms with Crippen molar-refractivity contribution in [2.45, 2.75) is 64.0 Å². The summed E-state index contributed by atoms with van der Waals surface area (Å²) in [5.74, 6) is 6.19. The Kier molecular flexibility index (Phi) is 8.55. The second-order valence-corrected chi connectivity index (χ2v) is 9.18. The molecule has 2 aliphatic heterocycles. The van der Waals surface area contributed by atoms with Gasteiger partial charge in [0.25, 0.3) is 0 Å². The normalized spacial score (nSPS) is 21.0. The van der Waals surface area contributed by atoms with Crippen LogP contribution in [0.3, 0.4) is 0 Å². The number of hydrogen-bond donors (Lipinski definition) is 1. The van der Waals surface area contributed by atoms with Gasteiger partial charge in [-0.05, 0) is 81.3 Å². The Balaban J connectivity index is 1.28. The highest BCUT2D eigenvalue weighted by molar-refractivity contribution is 6.31. The van der Waals surface area contributed by atoms with Crippen LogP contribution in [-0.2, 0) is 17.7 Å². The molecule has 0 amide bonds. The molecule has 0 radical (unpaired) electrons. The summed E-state index contributed by atoms with van der Waals surface area (Å²) in [4.78, 5) is 16.3. The number of ether oxygens (including phenoxy) is 1. The van der Waals surface area contributed by atoms with Crippen LogP contribution in [0.25, 0.3) is 0 Å². The Morgan fingerprint density at radius 1 is 1.21 bits per heavy atom. The average Bonchev–Trinajstić information content (AvgIpc) is 2.86. The van der Waals surface area contributed by atoms with Gasteiger partial charge in [-0.3, -0.25) is 19.9 Å². The summed E-state index contributed by atoms with van der Waals surface area (Å²) >= 11 is 0. The lowest BCUT2D eigenvalue weighted by Crippen LogP contribution is -2.32. The third-order valence-corrected chi connectivity index (χ3v) is 6.72. The number of likely N-dealkylation sites (tertiary alicyclic amines) is 1. The number of hydrazone groups is 1. The van der Waals surface area contributed by atoms with Gasteiger partial charge in [-0.2, -0.15) is 5.10 Å². The Morgan fingerprint density at radius 2 is 2.09 bits per heavy atom. The summed E-state index contributed by atoms with van der Waals surface area (Å²) in [5, 5.41) is 3.94. The average molecular weight is 449 g/mol. The molecule has 176 valence electrons. The van der Waals surface area contributed by atoms with Crippen molar-refractivity contribution in [2.75, 3.05) is 26.2 Å². The van der Waals surface area contributed by atoms with Crippen LogP contribution in [-0.4, -0.2) is 59.1 Å². The molecule has 4 heterocycles. The number of nitrogens with two attached hydrogens (primary N) is 1. The lowest BCUT2D eigenvalue weighted by Gasteiger charge is -2.32. The van der Waals surface area contributed by atoms with Gasteiger partial charge in [-0.15, -0.1) is 0 Å². The van der Waals surface area contributed by atoms with Gasteiger partial charge >= 0.3 is 0 Å². The number of aromatic nitrogens is 2. The van der Waals surface area contributed by atoms with Crippen LogP contribution in [0.15, 0.2) is 46.8 Å². The van der Waals surface area contributed by atoms with Crippen molar-refractivity contribution in [1.29, 1.82) is 0 Å². The quantitative estimate of drug-likeness (QED) is 0.378. The first-order chi connectivity index (χ1) is 16.2. The zero-order chi connectivity index (χ0) is 22.9. The van der Waals surface area contributed by atoms with Crippen LogP contribution in [0.4, 0.5) is 0 Å². The van der Waals surface area contributed by atoms with Gasteiger partial charge in [-0.25, -0.2) is 0 Å². The summed E-state index contributed by atoms with van der Waals surface area (Å²) in [7, 11) is 0. The fourth-order valence-electron chi connectivity index (χ4n) is 4.70. The van der Waals surface area contributed by atoms with E-state index in [1.54, 1.807) is 6.21 Å². The van der Waals surface area contributed by atoms with Gasteiger partial charge in [0.1, 0.15) is 0 Å². The highest BCUT2D eigenvalue weighted by Crippen LogP contribution is 2.29. The van der Waals surface area contributed by atoms with Crippen molar-refractivity contribution in [3.8, 4) is 0 Å². The molecule has 33 heavy (non-hydrogen) atoms. The summed E-state index contributed by atoms with van der Waals surface area (Å²) in [6.07, 6.45) is 12.3. The van der Waals surface area contributed by atoms with Crippen molar-refractivity contribution < 1.29 is 4.74 Å². The minimum absolute atomic E-state index is 0.226. The molecule has 2 aromatic rings. The standard InChI is InChI=1S/C26H36N6O/c1-20-14-22(21-8-11-32(12-9-21)19-23-6-2-4-10-29-23)16-30-26(20)15-24(31-27)17-28-18-25-7-3-5-13-33-25/h2,4,6,10,14,16-17,21,25H,3,5,7-9,11-13,15,18-19,27H2,1H3/b28-17?,31-24-. The van der Waals surface area contributed by atoms with Crippen LogP contribution in [0.5, 0.6) is 0 Å². The van der Waals surface area contributed by atoms with Gasteiger partial charge < -0.3 is 10.6 Å². The molecule has 4 rings (SSSR count). The van der Waals surface area contributed by atoms with E-state index >= 15 is 0 Å². The Labute approximate surface area is 197 Å². The number of piperidine rings is 1. The number of nitrogens with zero attached hydrogens (tertiary/aromatic N) is 5. The zero-order valence-electron chi connectivity index (χ0n) is 19.7. The van der Waals surface area contributed by atoms with Crippen molar-refractivity contribution in [1.82, 2.24) is 14.9 Å². The van der Waals surface area contributed by atoms with E-state index in [1.807, 2.05) is 18.5 Å². The molecule has 2 aromatic heterocycles. The number of hydrogen-bond acceptors (Lipinski definition) is 7. The van der Waals surface area contributed by atoms with Gasteiger partial charge in [0, 0.05) is 43.9 Å². The van der Waals surface area contributed by atoms with E-state index in [9.17, 15) is 0 Å². The first-order valence-corrected chi connectivity index (χ1v) is 12.2. The molecule has 2 saturated heterocycles. The first kappa shape index (κ1) is 23.5. The second kappa shape index (κ2) is 12.0. The molecule has 2 fully saturated rings. The molecular formula is C26H36N6O. The molecule has 2 aliphatic rings. The predicted octanol–water partition coefficient (Wildman–Crippen LogP) is 3.66. The van der Waals surface area contributed by atoms with E-state index in [1.165, 1.54) is 17.5 Å². The molecular weight excluding hydrogens is 412 g/mol. The van der Waals surface area contributed by atoms with Crippen molar-refractivity contribution >= 4 is 11.9 Å². The monoisotopic (exact) mass is 448 g/mol. The van der Waals surface area contributed by atoms with Crippen LogP contribution in [0.1, 0.15) is 60.5 Å². The number of aliphatic imine (C=N–C) groups is 1. The lowest BCUT2D eigenvalue weighted by atomic mass is 9.89. The number of rotatable bonds is 8. The second-order valence-electron chi connectivity index (χ2n) is 9.18. The fraction of sp³-hybridized carbons (Fsp3) is 0.538. The van der Waals surface area contributed by atoms with E-state index in [2.05, 4.69) is 45.1 Å². The maximum Gasteiger partial charge on any atom is 0.0837 e. The summed E-state index contributed by atoms with van der Waals surface area (Å²) in [6, 6.07) is 8.42. The smallest absolute Gasteiger partial charge is 0.0837 e. The highest BCUT2D eigenvalue weighted by Gasteiger charge is 2.22. The maximum atomic E-state index is 5.73. The third-order valence-electron chi connectivity index (χ3n) is 6.72. The van der Waals surface area contributed by atoms with Crippen molar-refractivity contribution in [2.24, 2.45) is 15.9 Å². The van der Waals surface area contributed by atoms with E-state index < -0.39 is 0 Å². The number of pyridine rings is 2. The van der Waals surface area contributed by atoms with Crippen LogP contribution < -0.4 is 5.84 Å². The Hall–Kier alpha value is -2.64. The molecule has 7 nitrogen and oxygen atoms in total. The molecule has 0 spiro atoms. The largest absolute Gasteiger partial charge is 0.376 e. The number of aryl methyl sites for hydroxylation is 1. The minimum Gasteiger partial charge on any atom is -0.376 e. The van der Waals surface area contributed by atoms with E-state index in [-0.39, 0.29) is 6.10 Å². The third kappa shape index (κ3) is 6.92. The molecule has 0 saturated carbocycles. The summed E-state index contributed by atoms with van der Waals surface area (Å²) in [5.41, 5.74) is 5.43. The summed E-state index contributed by atoms with van der Waals surface area (Å²) in [6.45, 7) is 6.75. The maximum absolute atomic E-state index is 5.73. The molecule has 1 unspecified atom stereocenters. The first-order valence-electron chi connectivity index (χ1n) is 12.2. The fourth-order valence-corrected chi connectivity index (χ4v) is 4.70. The Morgan fingerprint density at radius 3 is 2.79 bits per heavy atom. The van der Waals surface area contributed by atoms with Gasteiger partial charge in [0.05, 0.1) is 24.1 Å². The topological polar surface area (TPSA) is 89.0 Å². The zero-order valence-corrected chi connectivity index (χ0v) is 19.7.